The topological polar surface area (TPSA) is 15.3 Å². The molecule has 2 nitrogen and oxygen atoms in total. The number of thiophene rings is 1. The highest BCUT2D eigenvalue weighted by Crippen LogP contribution is 2.22. The highest BCUT2D eigenvalue weighted by atomic mass is 32.1. The summed E-state index contributed by atoms with van der Waals surface area (Å²) in [5, 5.41) is 5.77. The lowest BCUT2D eigenvalue weighted by molar-refractivity contribution is 0.195. The summed E-state index contributed by atoms with van der Waals surface area (Å²) >= 11 is 1.85. The molecule has 0 unspecified atom stereocenters. The van der Waals surface area contributed by atoms with Crippen molar-refractivity contribution in [2.75, 3.05) is 19.6 Å². The van der Waals surface area contributed by atoms with Crippen LogP contribution in [0.4, 0.5) is 0 Å². The molecule has 0 aliphatic carbocycles. The van der Waals surface area contributed by atoms with E-state index in [1.54, 1.807) is 0 Å². The van der Waals surface area contributed by atoms with Gasteiger partial charge in [-0.1, -0.05) is 36.4 Å². The van der Waals surface area contributed by atoms with Crippen molar-refractivity contribution >= 4 is 11.3 Å². The van der Waals surface area contributed by atoms with E-state index in [-0.39, 0.29) is 0 Å². The van der Waals surface area contributed by atoms with Crippen molar-refractivity contribution in [3.05, 3.63) is 58.3 Å². The van der Waals surface area contributed by atoms with E-state index in [9.17, 15) is 0 Å². The molecule has 3 heteroatoms. The molecule has 1 saturated heterocycles. The van der Waals surface area contributed by atoms with E-state index in [0.29, 0.717) is 6.04 Å². The van der Waals surface area contributed by atoms with Crippen LogP contribution < -0.4 is 5.32 Å². The maximum absolute atomic E-state index is 3.61. The molecule has 0 amide bonds. The molecule has 0 spiro atoms. The predicted octanol–water partition coefficient (Wildman–Crippen LogP) is 2.89. The normalized spacial score (nSPS) is 21.0. The van der Waals surface area contributed by atoms with Gasteiger partial charge in [-0.3, -0.25) is 4.90 Å². The number of nitrogens with zero attached hydrogens (tertiary/aromatic N) is 1. The molecule has 2 heterocycles. The fourth-order valence-electron chi connectivity index (χ4n) is 2.48. The van der Waals surface area contributed by atoms with Crippen molar-refractivity contribution in [1.82, 2.24) is 10.2 Å². The first-order valence-corrected chi connectivity index (χ1v) is 7.33. The minimum atomic E-state index is 0.502. The van der Waals surface area contributed by atoms with Crippen LogP contribution in [-0.4, -0.2) is 24.5 Å². The predicted molar refractivity (Wildman–Crippen MR) is 76.8 cm³/mol. The third kappa shape index (κ3) is 2.80. The third-order valence-electron chi connectivity index (χ3n) is 3.40. The summed E-state index contributed by atoms with van der Waals surface area (Å²) in [6.45, 7) is 4.38. The van der Waals surface area contributed by atoms with Gasteiger partial charge in [0, 0.05) is 31.1 Å². The van der Waals surface area contributed by atoms with E-state index in [0.717, 1.165) is 26.2 Å². The maximum Gasteiger partial charge on any atom is 0.0544 e. The van der Waals surface area contributed by atoms with Gasteiger partial charge < -0.3 is 5.32 Å². The number of hydrogen-bond donors (Lipinski definition) is 1. The van der Waals surface area contributed by atoms with Crippen LogP contribution in [0.25, 0.3) is 0 Å². The first kappa shape index (κ1) is 11.9. The molecule has 2 aromatic rings. The molecule has 3 rings (SSSR count). The first-order chi connectivity index (χ1) is 8.92. The Bertz CT molecular complexity index is 467. The van der Waals surface area contributed by atoms with Gasteiger partial charge in [0.05, 0.1) is 6.04 Å². The zero-order valence-electron chi connectivity index (χ0n) is 10.4. The Morgan fingerprint density at radius 2 is 2.06 bits per heavy atom. The molecule has 94 valence electrons. The second-order valence-corrected chi connectivity index (χ2v) is 5.72. The smallest absolute Gasteiger partial charge is 0.0544 e. The quantitative estimate of drug-likeness (QED) is 0.910. The summed E-state index contributed by atoms with van der Waals surface area (Å²) in [6, 6.07) is 15.6. The number of hydrogen-bond acceptors (Lipinski definition) is 3. The van der Waals surface area contributed by atoms with Crippen molar-refractivity contribution in [1.29, 1.82) is 0 Å². The molecule has 1 N–H and O–H groups in total. The van der Waals surface area contributed by atoms with Crippen molar-refractivity contribution in [2.24, 2.45) is 0 Å². The Balaban J connectivity index is 1.64. The molecule has 1 aliphatic heterocycles. The Kier molecular flexibility index (Phi) is 3.74. The van der Waals surface area contributed by atoms with E-state index in [2.05, 4.69) is 58.1 Å². The summed E-state index contributed by atoms with van der Waals surface area (Å²) in [6.07, 6.45) is 0. The molecular formula is C15H18N2S. The van der Waals surface area contributed by atoms with Crippen LogP contribution in [0, 0.1) is 0 Å². The molecule has 1 aliphatic rings. The van der Waals surface area contributed by atoms with Gasteiger partial charge >= 0.3 is 0 Å². The summed E-state index contributed by atoms with van der Waals surface area (Å²) in [7, 11) is 0. The van der Waals surface area contributed by atoms with Crippen LogP contribution in [0.3, 0.4) is 0 Å². The minimum Gasteiger partial charge on any atom is -0.307 e. The molecule has 18 heavy (non-hydrogen) atoms. The monoisotopic (exact) mass is 258 g/mol. The summed E-state index contributed by atoms with van der Waals surface area (Å²) < 4.78 is 0. The van der Waals surface area contributed by atoms with E-state index in [1.807, 2.05) is 11.3 Å². The second-order valence-electron chi connectivity index (χ2n) is 4.74. The number of piperazine rings is 1. The lowest BCUT2D eigenvalue weighted by Crippen LogP contribution is -2.44. The fraction of sp³-hybridized carbons (Fsp3) is 0.333. The molecule has 1 aromatic heterocycles. The van der Waals surface area contributed by atoms with Gasteiger partial charge in [0.2, 0.25) is 0 Å². The van der Waals surface area contributed by atoms with Crippen LogP contribution in [0.15, 0.2) is 47.8 Å². The summed E-state index contributed by atoms with van der Waals surface area (Å²) in [4.78, 5) is 3.99. The van der Waals surface area contributed by atoms with Crippen LogP contribution in [0.5, 0.6) is 0 Å². The fourth-order valence-corrected chi connectivity index (χ4v) is 3.27. The van der Waals surface area contributed by atoms with Crippen LogP contribution in [-0.2, 0) is 6.54 Å². The van der Waals surface area contributed by atoms with Gasteiger partial charge in [-0.05, 0) is 17.0 Å². The average Bonchev–Trinajstić information content (AvgIpc) is 2.94. The van der Waals surface area contributed by atoms with E-state index in [1.165, 1.54) is 10.4 Å². The van der Waals surface area contributed by atoms with Gasteiger partial charge in [-0.15, -0.1) is 11.3 Å². The zero-order chi connectivity index (χ0) is 12.2. The Morgan fingerprint density at radius 1 is 1.17 bits per heavy atom. The molecule has 1 aromatic carbocycles. The van der Waals surface area contributed by atoms with Gasteiger partial charge in [0.1, 0.15) is 0 Å². The first-order valence-electron chi connectivity index (χ1n) is 6.45. The van der Waals surface area contributed by atoms with Crippen LogP contribution in [0.1, 0.15) is 16.5 Å². The van der Waals surface area contributed by atoms with E-state index >= 15 is 0 Å². The standard InChI is InChI=1S/C15H18N2S/c1-2-5-13(6-3-1)11-17-9-8-16-14(12-17)15-7-4-10-18-15/h1-7,10,14,16H,8-9,11-12H2/t14-/m0/s1. The van der Waals surface area contributed by atoms with Crippen molar-refractivity contribution < 1.29 is 0 Å². The Morgan fingerprint density at radius 3 is 2.83 bits per heavy atom. The summed E-state index contributed by atoms with van der Waals surface area (Å²) in [5.41, 5.74) is 1.41. The van der Waals surface area contributed by atoms with E-state index < -0.39 is 0 Å². The van der Waals surface area contributed by atoms with Crippen molar-refractivity contribution in [3.8, 4) is 0 Å². The maximum atomic E-state index is 3.61. The van der Waals surface area contributed by atoms with Gasteiger partial charge in [0.25, 0.3) is 0 Å². The zero-order valence-corrected chi connectivity index (χ0v) is 11.2. The Labute approximate surface area is 112 Å². The van der Waals surface area contributed by atoms with Crippen molar-refractivity contribution in [2.45, 2.75) is 12.6 Å². The third-order valence-corrected chi connectivity index (χ3v) is 4.38. The molecule has 0 radical (unpaired) electrons. The average molecular weight is 258 g/mol. The highest BCUT2D eigenvalue weighted by molar-refractivity contribution is 7.10. The number of benzene rings is 1. The van der Waals surface area contributed by atoms with Crippen molar-refractivity contribution in [3.63, 3.8) is 0 Å². The SMILES string of the molecule is c1ccc(CN2CCN[C@H](c3cccs3)C2)cc1. The second kappa shape index (κ2) is 5.65. The molecule has 0 saturated carbocycles. The van der Waals surface area contributed by atoms with Gasteiger partial charge in [-0.25, -0.2) is 0 Å². The van der Waals surface area contributed by atoms with Crippen LogP contribution in [0.2, 0.25) is 0 Å². The van der Waals surface area contributed by atoms with Crippen LogP contribution >= 0.6 is 11.3 Å². The largest absolute Gasteiger partial charge is 0.307 e. The number of nitrogens with one attached hydrogen (secondary N) is 1. The molecular weight excluding hydrogens is 240 g/mol. The van der Waals surface area contributed by atoms with E-state index in [4.69, 9.17) is 0 Å². The lowest BCUT2D eigenvalue weighted by atomic mass is 10.1. The lowest BCUT2D eigenvalue weighted by Gasteiger charge is -2.33. The highest BCUT2D eigenvalue weighted by Gasteiger charge is 2.21. The Hall–Kier alpha value is -1.16. The van der Waals surface area contributed by atoms with Gasteiger partial charge in [-0.2, -0.15) is 0 Å². The molecule has 1 atom stereocenters. The minimum absolute atomic E-state index is 0.502. The van der Waals surface area contributed by atoms with Gasteiger partial charge in [0.15, 0.2) is 0 Å². The molecule has 1 fully saturated rings. The molecule has 0 bridgehead atoms. The number of rotatable bonds is 3. The summed E-state index contributed by atoms with van der Waals surface area (Å²) in [5.74, 6) is 0.